The van der Waals surface area contributed by atoms with Crippen molar-refractivity contribution in [2.45, 2.75) is 19.5 Å². The van der Waals surface area contributed by atoms with Gasteiger partial charge in [0.2, 0.25) is 5.91 Å². The van der Waals surface area contributed by atoms with Crippen LogP contribution in [0.25, 0.3) is 26.8 Å². The molecule has 1 atom stereocenters. The summed E-state index contributed by atoms with van der Waals surface area (Å²) < 4.78 is 17.0. The molecule has 10 heteroatoms. The number of aromatic nitrogens is 4. The Kier molecular flexibility index (Phi) is 6.05. The molecule has 1 amide bonds. The number of nitrogens with zero attached hydrogens (tertiary/aromatic N) is 6. The highest BCUT2D eigenvalue weighted by atomic mass is 32.1. The van der Waals surface area contributed by atoms with Crippen molar-refractivity contribution in [2.75, 3.05) is 31.6 Å². The largest absolute Gasteiger partial charge is 0.353 e. The molecule has 0 unspecified atom stereocenters. The van der Waals surface area contributed by atoms with E-state index in [1.807, 2.05) is 19.3 Å². The molecule has 1 aliphatic heterocycles. The topological polar surface area (TPSA) is 79.2 Å². The van der Waals surface area contributed by atoms with E-state index in [9.17, 15) is 9.18 Å². The first-order chi connectivity index (χ1) is 18.0. The van der Waals surface area contributed by atoms with Crippen molar-refractivity contribution in [1.29, 1.82) is 0 Å². The minimum Gasteiger partial charge on any atom is -0.353 e. The normalized spacial score (nSPS) is 16.5. The van der Waals surface area contributed by atoms with Gasteiger partial charge in [0.15, 0.2) is 5.65 Å². The first-order valence-corrected chi connectivity index (χ1v) is 13.0. The Bertz CT molecular complexity index is 1610. The molecule has 0 aliphatic carbocycles. The van der Waals surface area contributed by atoms with E-state index in [1.165, 1.54) is 22.5 Å². The van der Waals surface area contributed by atoms with Gasteiger partial charge in [-0.1, -0.05) is 12.1 Å². The Hall–Kier alpha value is -3.89. The maximum Gasteiger partial charge on any atom is 0.239 e. The van der Waals surface area contributed by atoms with E-state index >= 15 is 0 Å². The van der Waals surface area contributed by atoms with Crippen molar-refractivity contribution in [3.8, 4) is 5.69 Å². The van der Waals surface area contributed by atoms with Crippen LogP contribution in [0.3, 0.4) is 0 Å². The standard InChI is InChI=1S/C27H26FN7OS/c1-17-3-5-20(12-22(17)28)35-14-21-25(32-35)30-16-31-26(21)34-9-8-33(2)23(15-34)27(36)29-13-18-4-6-24-19(11-18)7-10-37-24/h3-7,10-12,14,16,23H,8-9,13,15H2,1-2H3,(H,29,36)/t23-/m0/s1. The molecule has 1 N–H and O–H groups in total. The molecule has 188 valence electrons. The summed E-state index contributed by atoms with van der Waals surface area (Å²) in [5.41, 5.74) is 2.79. The van der Waals surface area contributed by atoms with Crippen LogP contribution in [0.2, 0.25) is 0 Å². The van der Waals surface area contributed by atoms with Gasteiger partial charge in [0.05, 0.1) is 11.1 Å². The van der Waals surface area contributed by atoms with Crippen LogP contribution in [0.5, 0.6) is 0 Å². The molecule has 37 heavy (non-hydrogen) atoms. The maximum atomic E-state index is 14.2. The Morgan fingerprint density at radius 1 is 1.16 bits per heavy atom. The van der Waals surface area contributed by atoms with Crippen molar-refractivity contribution in [3.05, 3.63) is 77.3 Å². The molecular formula is C27H26FN7OS. The third-order valence-corrected chi connectivity index (χ3v) is 7.85. The molecule has 0 saturated carbocycles. The zero-order valence-electron chi connectivity index (χ0n) is 20.6. The molecular weight excluding hydrogens is 489 g/mol. The van der Waals surface area contributed by atoms with Crippen LogP contribution in [0.4, 0.5) is 10.2 Å². The number of anilines is 1. The van der Waals surface area contributed by atoms with Gasteiger partial charge in [0, 0.05) is 37.1 Å². The smallest absolute Gasteiger partial charge is 0.239 e. The third-order valence-electron chi connectivity index (χ3n) is 6.95. The molecule has 1 saturated heterocycles. The molecule has 0 spiro atoms. The Labute approximate surface area is 217 Å². The lowest BCUT2D eigenvalue weighted by Gasteiger charge is -2.39. The lowest BCUT2D eigenvalue weighted by Crippen LogP contribution is -2.57. The summed E-state index contributed by atoms with van der Waals surface area (Å²) in [7, 11) is 1.97. The van der Waals surface area contributed by atoms with Crippen LogP contribution >= 0.6 is 11.3 Å². The third kappa shape index (κ3) is 4.54. The number of nitrogens with one attached hydrogen (secondary N) is 1. The second-order valence-electron chi connectivity index (χ2n) is 9.39. The number of hydrogen-bond acceptors (Lipinski definition) is 7. The Morgan fingerprint density at radius 3 is 2.92 bits per heavy atom. The van der Waals surface area contributed by atoms with Gasteiger partial charge in [0.25, 0.3) is 0 Å². The number of rotatable bonds is 5. The zero-order valence-corrected chi connectivity index (χ0v) is 21.4. The number of amides is 1. The van der Waals surface area contributed by atoms with Crippen molar-refractivity contribution >= 4 is 44.2 Å². The number of hydrogen-bond donors (Lipinski definition) is 1. The van der Waals surface area contributed by atoms with Crippen molar-refractivity contribution in [1.82, 2.24) is 30.0 Å². The average Bonchev–Trinajstić information content (AvgIpc) is 3.56. The number of thiophene rings is 1. The molecule has 6 rings (SSSR count). The van der Waals surface area contributed by atoms with E-state index in [2.05, 4.69) is 59.8 Å². The highest BCUT2D eigenvalue weighted by Gasteiger charge is 2.31. The monoisotopic (exact) mass is 515 g/mol. The van der Waals surface area contributed by atoms with E-state index in [0.29, 0.717) is 43.1 Å². The minimum absolute atomic E-state index is 0.0197. The van der Waals surface area contributed by atoms with Crippen LogP contribution in [-0.2, 0) is 11.3 Å². The second-order valence-corrected chi connectivity index (χ2v) is 10.3. The van der Waals surface area contributed by atoms with Gasteiger partial charge in [-0.25, -0.2) is 19.0 Å². The van der Waals surface area contributed by atoms with Crippen LogP contribution in [0, 0.1) is 12.7 Å². The highest BCUT2D eigenvalue weighted by Crippen LogP contribution is 2.26. The summed E-state index contributed by atoms with van der Waals surface area (Å²) in [5, 5.41) is 11.7. The SMILES string of the molecule is Cc1ccc(-n2cc3c(N4CCN(C)[C@H](C(=O)NCc5ccc6sccc6c5)C4)ncnc3n2)cc1F. The molecule has 4 heterocycles. The van der Waals surface area contributed by atoms with Crippen molar-refractivity contribution in [2.24, 2.45) is 0 Å². The maximum absolute atomic E-state index is 14.2. The quantitative estimate of drug-likeness (QED) is 0.382. The lowest BCUT2D eigenvalue weighted by molar-refractivity contribution is -0.126. The first-order valence-electron chi connectivity index (χ1n) is 12.1. The van der Waals surface area contributed by atoms with Gasteiger partial charge >= 0.3 is 0 Å². The molecule has 1 aliphatic rings. The van der Waals surface area contributed by atoms with E-state index in [0.717, 1.165) is 16.8 Å². The molecule has 3 aromatic heterocycles. The Morgan fingerprint density at radius 2 is 2.05 bits per heavy atom. The summed E-state index contributed by atoms with van der Waals surface area (Å²) in [4.78, 5) is 26.3. The van der Waals surface area contributed by atoms with E-state index in [-0.39, 0.29) is 17.8 Å². The highest BCUT2D eigenvalue weighted by molar-refractivity contribution is 7.17. The van der Waals surface area contributed by atoms with Crippen LogP contribution < -0.4 is 10.2 Å². The number of benzene rings is 2. The molecule has 2 aromatic carbocycles. The van der Waals surface area contributed by atoms with E-state index in [1.54, 1.807) is 29.0 Å². The van der Waals surface area contributed by atoms with Crippen LogP contribution in [0.1, 0.15) is 11.1 Å². The number of piperazine rings is 1. The van der Waals surface area contributed by atoms with Crippen molar-refractivity contribution < 1.29 is 9.18 Å². The summed E-state index contributed by atoms with van der Waals surface area (Å²) in [5.74, 6) is 0.415. The molecule has 5 aromatic rings. The van der Waals surface area contributed by atoms with Gasteiger partial charge in [-0.2, -0.15) is 0 Å². The van der Waals surface area contributed by atoms with Crippen molar-refractivity contribution in [3.63, 3.8) is 0 Å². The summed E-state index contributed by atoms with van der Waals surface area (Å²) in [6.45, 7) is 4.12. The summed E-state index contributed by atoms with van der Waals surface area (Å²) >= 11 is 1.71. The zero-order chi connectivity index (χ0) is 25.5. The van der Waals surface area contributed by atoms with Gasteiger partial charge in [0.1, 0.15) is 24.0 Å². The fourth-order valence-electron chi connectivity index (χ4n) is 4.72. The predicted molar refractivity (Wildman–Crippen MR) is 144 cm³/mol. The number of halogens is 1. The average molecular weight is 516 g/mol. The molecule has 0 bridgehead atoms. The molecule has 1 fully saturated rings. The molecule has 8 nitrogen and oxygen atoms in total. The van der Waals surface area contributed by atoms with Gasteiger partial charge in [-0.3, -0.25) is 9.69 Å². The molecule has 0 radical (unpaired) electrons. The number of carbonyl (C=O) groups is 1. The number of aryl methyl sites for hydroxylation is 1. The van der Waals surface area contributed by atoms with Gasteiger partial charge < -0.3 is 10.2 Å². The second kappa shape index (κ2) is 9.53. The first kappa shape index (κ1) is 23.5. The van der Waals surface area contributed by atoms with E-state index in [4.69, 9.17) is 0 Å². The minimum atomic E-state index is -0.329. The van der Waals surface area contributed by atoms with Gasteiger partial charge in [-0.15, -0.1) is 16.4 Å². The lowest BCUT2D eigenvalue weighted by atomic mass is 10.1. The Balaban J connectivity index is 1.21. The predicted octanol–water partition coefficient (Wildman–Crippen LogP) is 3.91. The summed E-state index contributed by atoms with van der Waals surface area (Å²) in [6.07, 6.45) is 3.31. The number of carbonyl (C=O) groups excluding carboxylic acids is 1. The number of fused-ring (bicyclic) bond motifs is 2. The fraction of sp³-hybridized carbons (Fsp3) is 0.259. The van der Waals surface area contributed by atoms with Crippen LogP contribution in [0.15, 0.2) is 60.4 Å². The fourth-order valence-corrected chi connectivity index (χ4v) is 5.49. The van der Waals surface area contributed by atoms with Crippen LogP contribution in [-0.4, -0.2) is 63.3 Å². The summed E-state index contributed by atoms with van der Waals surface area (Å²) in [6, 6.07) is 13.1. The van der Waals surface area contributed by atoms with Gasteiger partial charge in [-0.05, 0) is 66.2 Å². The van der Waals surface area contributed by atoms with E-state index < -0.39 is 0 Å². The number of likely N-dealkylation sites (N-methyl/N-ethyl adjacent to an activating group) is 1.